The van der Waals surface area contributed by atoms with Crippen molar-refractivity contribution in [2.24, 2.45) is 4.99 Å². The molecule has 0 saturated carbocycles. The number of nitrogens with one attached hydrogen (secondary N) is 2. The van der Waals surface area contributed by atoms with Crippen LogP contribution in [0.1, 0.15) is 19.4 Å². The first-order valence-corrected chi connectivity index (χ1v) is 10.6. The number of nitrogens with zero attached hydrogens (tertiary/aromatic N) is 2. The minimum Gasteiger partial charge on any atom is -0.356 e. The van der Waals surface area contributed by atoms with Crippen molar-refractivity contribution in [1.29, 1.82) is 0 Å². The van der Waals surface area contributed by atoms with Gasteiger partial charge in [0.15, 0.2) is 15.8 Å². The minimum absolute atomic E-state index is 0.000108. The Morgan fingerprint density at radius 3 is 2.40 bits per heavy atom. The van der Waals surface area contributed by atoms with Gasteiger partial charge in [0, 0.05) is 45.2 Å². The van der Waals surface area contributed by atoms with E-state index in [1.165, 1.54) is 5.56 Å². The molecule has 0 aliphatic carbocycles. The molecule has 1 heterocycles. The molecule has 0 bridgehead atoms. The van der Waals surface area contributed by atoms with Gasteiger partial charge in [0.1, 0.15) is 0 Å². The molecule has 2 N–H and O–H groups in total. The summed E-state index contributed by atoms with van der Waals surface area (Å²) < 4.78 is 22.9. The number of benzene rings is 1. The lowest BCUT2D eigenvalue weighted by Gasteiger charge is -2.28. The third-order valence-corrected chi connectivity index (χ3v) is 6.24. The van der Waals surface area contributed by atoms with E-state index in [0.717, 1.165) is 25.6 Å². The van der Waals surface area contributed by atoms with Gasteiger partial charge in [-0.15, -0.1) is 0 Å². The molecular formula is C18H30N4O2S. The van der Waals surface area contributed by atoms with E-state index in [-0.39, 0.29) is 16.9 Å². The van der Waals surface area contributed by atoms with Gasteiger partial charge in [-0.25, -0.2) is 8.42 Å². The van der Waals surface area contributed by atoms with Crippen LogP contribution in [0.3, 0.4) is 0 Å². The molecule has 0 unspecified atom stereocenters. The Morgan fingerprint density at radius 2 is 1.80 bits per heavy atom. The molecule has 0 aromatic heterocycles. The zero-order valence-corrected chi connectivity index (χ0v) is 16.3. The van der Waals surface area contributed by atoms with Crippen LogP contribution in [0.25, 0.3) is 0 Å². The van der Waals surface area contributed by atoms with Crippen molar-refractivity contribution in [3.05, 3.63) is 35.9 Å². The second-order valence-electron chi connectivity index (χ2n) is 7.10. The fourth-order valence-corrected chi connectivity index (χ4v) is 4.10. The van der Waals surface area contributed by atoms with Gasteiger partial charge in [-0.05, 0) is 5.56 Å². The van der Waals surface area contributed by atoms with E-state index < -0.39 is 9.84 Å². The van der Waals surface area contributed by atoms with E-state index >= 15 is 0 Å². The molecule has 1 saturated heterocycles. The molecule has 2 rings (SSSR count). The van der Waals surface area contributed by atoms with Crippen LogP contribution in [-0.4, -0.2) is 70.6 Å². The molecule has 1 aromatic rings. The third-order valence-electron chi connectivity index (χ3n) is 4.63. The third kappa shape index (κ3) is 6.32. The number of guanidine groups is 1. The van der Waals surface area contributed by atoms with Crippen LogP contribution in [0.15, 0.2) is 35.3 Å². The summed E-state index contributed by atoms with van der Waals surface area (Å²) in [4.78, 5) is 6.45. The lowest BCUT2D eigenvalue weighted by molar-refractivity contribution is 0.299. The van der Waals surface area contributed by atoms with Gasteiger partial charge in [-0.3, -0.25) is 9.89 Å². The molecule has 1 fully saturated rings. The SMILES string of the molecule is CN=C(NCCN1CCS(=O)(=O)CC1)NCC(C)(C)c1ccccc1. The summed E-state index contributed by atoms with van der Waals surface area (Å²) in [6.45, 7) is 7.99. The predicted molar refractivity (Wildman–Crippen MR) is 104 cm³/mol. The maximum absolute atomic E-state index is 11.4. The van der Waals surface area contributed by atoms with Crippen molar-refractivity contribution >= 4 is 15.8 Å². The Hall–Kier alpha value is -1.60. The zero-order valence-electron chi connectivity index (χ0n) is 15.5. The van der Waals surface area contributed by atoms with Gasteiger partial charge in [0.25, 0.3) is 0 Å². The quantitative estimate of drug-likeness (QED) is 0.577. The summed E-state index contributed by atoms with van der Waals surface area (Å²) in [6, 6.07) is 10.4. The molecule has 1 aliphatic rings. The largest absolute Gasteiger partial charge is 0.356 e. The fraction of sp³-hybridized carbons (Fsp3) is 0.611. The lowest BCUT2D eigenvalue weighted by Crippen LogP contribution is -2.47. The van der Waals surface area contributed by atoms with Crippen molar-refractivity contribution in [2.45, 2.75) is 19.3 Å². The first kappa shape index (κ1) is 19.7. The molecular weight excluding hydrogens is 336 g/mol. The molecule has 140 valence electrons. The van der Waals surface area contributed by atoms with E-state index in [4.69, 9.17) is 0 Å². The number of hydrogen-bond acceptors (Lipinski definition) is 4. The van der Waals surface area contributed by atoms with Crippen molar-refractivity contribution in [2.75, 3.05) is 51.3 Å². The maximum atomic E-state index is 11.4. The predicted octanol–water partition coefficient (Wildman–Crippen LogP) is 0.860. The summed E-state index contributed by atoms with van der Waals surface area (Å²) in [5, 5.41) is 6.69. The number of sulfone groups is 1. The molecule has 7 heteroatoms. The number of hydrogen-bond donors (Lipinski definition) is 2. The van der Waals surface area contributed by atoms with Crippen LogP contribution in [0.5, 0.6) is 0 Å². The van der Waals surface area contributed by atoms with Gasteiger partial charge in [0.05, 0.1) is 11.5 Å². The molecule has 0 spiro atoms. The van der Waals surface area contributed by atoms with Crippen molar-refractivity contribution in [3.63, 3.8) is 0 Å². The standard InChI is InChI=1S/C18H30N4O2S/c1-18(2,16-7-5-4-6-8-16)15-21-17(19-3)20-9-10-22-11-13-25(23,24)14-12-22/h4-8H,9-15H2,1-3H3,(H2,19,20,21). The topological polar surface area (TPSA) is 73.8 Å². The molecule has 0 radical (unpaired) electrons. The normalized spacial score (nSPS) is 18.8. The summed E-state index contributed by atoms with van der Waals surface area (Å²) in [7, 11) is -1.05. The summed E-state index contributed by atoms with van der Waals surface area (Å²) in [5.41, 5.74) is 1.28. The highest BCUT2D eigenvalue weighted by atomic mass is 32.2. The highest BCUT2D eigenvalue weighted by Gasteiger charge is 2.22. The Kier molecular flexibility index (Phi) is 6.84. The Bertz CT molecular complexity index is 658. The monoisotopic (exact) mass is 366 g/mol. The van der Waals surface area contributed by atoms with Crippen molar-refractivity contribution in [3.8, 4) is 0 Å². The average molecular weight is 367 g/mol. The molecule has 6 nitrogen and oxygen atoms in total. The second-order valence-corrected chi connectivity index (χ2v) is 9.40. The van der Waals surface area contributed by atoms with Crippen LogP contribution >= 0.6 is 0 Å². The van der Waals surface area contributed by atoms with E-state index in [9.17, 15) is 8.42 Å². The van der Waals surface area contributed by atoms with Gasteiger partial charge in [-0.1, -0.05) is 44.2 Å². The van der Waals surface area contributed by atoms with E-state index in [2.05, 4.69) is 58.6 Å². The molecule has 0 amide bonds. The number of aliphatic imine (C=N–C) groups is 1. The Morgan fingerprint density at radius 1 is 1.16 bits per heavy atom. The first-order valence-electron chi connectivity index (χ1n) is 8.75. The number of rotatable bonds is 6. The lowest BCUT2D eigenvalue weighted by atomic mass is 9.85. The fourth-order valence-electron chi connectivity index (χ4n) is 2.82. The molecule has 1 aliphatic heterocycles. The average Bonchev–Trinajstić information content (AvgIpc) is 2.60. The van der Waals surface area contributed by atoms with Crippen LogP contribution in [0.4, 0.5) is 0 Å². The molecule has 1 aromatic carbocycles. The van der Waals surface area contributed by atoms with Crippen LogP contribution in [-0.2, 0) is 15.3 Å². The second kappa shape index (κ2) is 8.67. The Labute approximate surface area is 151 Å². The molecule has 0 atom stereocenters. The van der Waals surface area contributed by atoms with Crippen molar-refractivity contribution in [1.82, 2.24) is 15.5 Å². The smallest absolute Gasteiger partial charge is 0.191 e. The van der Waals surface area contributed by atoms with Crippen LogP contribution in [0.2, 0.25) is 0 Å². The van der Waals surface area contributed by atoms with E-state index in [1.54, 1.807) is 7.05 Å². The highest BCUT2D eigenvalue weighted by molar-refractivity contribution is 7.91. The minimum atomic E-state index is -2.81. The van der Waals surface area contributed by atoms with Crippen LogP contribution < -0.4 is 10.6 Å². The van der Waals surface area contributed by atoms with E-state index in [0.29, 0.717) is 13.1 Å². The zero-order chi connectivity index (χ0) is 18.3. The molecule has 25 heavy (non-hydrogen) atoms. The summed E-state index contributed by atoms with van der Waals surface area (Å²) in [6.07, 6.45) is 0. The first-order chi connectivity index (χ1) is 11.8. The highest BCUT2D eigenvalue weighted by Crippen LogP contribution is 2.21. The maximum Gasteiger partial charge on any atom is 0.191 e. The Balaban J connectivity index is 1.74. The summed E-state index contributed by atoms with van der Waals surface area (Å²) >= 11 is 0. The van der Waals surface area contributed by atoms with Gasteiger partial charge >= 0.3 is 0 Å². The van der Waals surface area contributed by atoms with Gasteiger partial charge in [-0.2, -0.15) is 0 Å². The van der Waals surface area contributed by atoms with Crippen molar-refractivity contribution < 1.29 is 8.42 Å². The van der Waals surface area contributed by atoms with Gasteiger partial charge in [0.2, 0.25) is 0 Å². The van der Waals surface area contributed by atoms with E-state index in [1.807, 2.05) is 6.07 Å². The van der Waals surface area contributed by atoms with Crippen LogP contribution in [0, 0.1) is 0 Å². The summed E-state index contributed by atoms with van der Waals surface area (Å²) in [5.74, 6) is 1.31. The van der Waals surface area contributed by atoms with Gasteiger partial charge < -0.3 is 10.6 Å².